The van der Waals surface area contributed by atoms with Gasteiger partial charge in [0.05, 0.1) is 12.4 Å². The Morgan fingerprint density at radius 1 is 1.25 bits per heavy atom. The first-order chi connectivity index (χ1) is 5.54. The third-order valence-electron chi connectivity index (χ3n) is 1.13. The normalized spacial score (nSPS) is 11.7. The number of hydrogen-bond donors (Lipinski definition) is 0. The molecular formula is C6H5F3N2S. The van der Waals surface area contributed by atoms with Crippen molar-refractivity contribution < 1.29 is 13.2 Å². The van der Waals surface area contributed by atoms with Gasteiger partial charge in [-0.05, 0) is 6.26 Å². The van der Waals surface area contributed by atoms with E-state index in [9.17, 15) is 13.2 Å². The van der Waals surface area contributed by atoms with Gasteiger partial charge in [-0.15, -0.1) is 11.8 Å². The lowest BCUT2D eigenvalue weighted by atomic mass is 10.4. The second-order valence-electron chi connectivity index (χ2n) is 1.94. The minimum atomic E-state index is -4.40. The van der Waals surface area contributed by atoms with E-state index in [0.29, 0.717) is 5.03 Å². The van der Waals surface area contributed by atoms with Crippen LogP contribution in [0.1, 0.15) is 5.69 Å². The van der Waals surface area contributed by atoms with Crippen LogP contribution < -0.4 is 0 Å². The van der Waals surface area contributed by atoms with Gasteiger partial charge in [0.25, 0.3) is 0 Å². The molecule has 1 aromatic heterocycles. The van der Waals surface area contributed by atoms with Crippen LogP contribution in [0, 0.1) is 0 Å². The standard InChI is InChI=1S/C6H5F3N2S/c1-12-5-3-10-4(2-11-5)6(7,8)9/h2-3H,1H3. The maximum atomic E-state index is 11.9. The van der Waals surface area contributed by atoms with Gasteiger partial charge in [-0.3, -0.25) is 0 Å². The van der Waals surface area contributed by atoms with Gasteiger partial charge < -0.3 is 0 Å². The Balaban J connectivity index is 2.93. The molecule has 0 unspecified atom stereocenters. The van der Waals surface area contributed by atoms with Crippen LogP contribution in [0.2, 0.25) is 0 Å². The molecule has 1 aromatic rings. The summed E-state index contributed by atoms with van der Waals surface area (Å²) < 4.78 is 35.7. The SMILES string of the molecule is CSc1cnc(C(F)(F)F)cn1. The van der Waals surface area contributed by atoms with E-state index in [0.717, 1.165) is 12.4 Å². The molecule has 0 N–H and O–H groups in total. The molecule has 0 aliphatic carbocycles. The molecule has 2 nitrogen and oxygen atoms in total. The maximum Gasteiger partial charge on any atom is 0.434 e. The second-order valence-corrected chi connectivity index (χ2v) is 2.77. The second kappa shape index (κ2) is 3.30. The Morgan fingerprint density at radius 2 is 1.92 bits per heavy atom. The van der Waals surface area contributed by atoms with Crippen molar-refractivity contribution in [3.8, 4) is 0 Å². The lowest BCUT2D eigenvalue weighted by molar-refractivity contribution is -0.141. The molecule has 0 spiro atoms. The highest BCUT2D eigenvalue weighted by atomic mass is 32.2. The predicted octanol–water partition coefficient (Wildman–Crippen LogP) is 2.22. The van der Waals surface area contributed by atoms with Crippen molar-refractivity contribution in [2.45, 2.75) is 11.2 Å². The van der Waals surface area contributed by atoms with Crippen molar-refractivity contribution in [2.24, 2.45) is 0 Å². The summed E-state index contributed by atoms with van der Waals surface area (Å²) in [6.07, 6.45) is -0.847. The van der Waals surface area contributed by atoms with Gasteiger partial charge in [0.2, 0.25) is 0 Å². The van der Waals surface area contributed by atoms with E-state index >= 15 is 0 Å². The summed E-state index contributed by atoms with van der Waals surface area (Å²) in [4.78, 5) is 6.76. The number of halogens is 3. The molecule has 0 amide bonds. The van der Waals surface area contributed by atoms with Gasteiger partial charge in [-0.1, -0.05) is 0 Å². The monoisotopic (exact) mass is 194 g/mol. The molecule has 0 aliphatic rings. The van der Waals surface area contributed by atoms with E-state index in [1.54, 1.807) is 6.26 Å². The van der Waals surface area contributed by atoms with Crippen molar-refractivity contribution in [2.75, 3.05) is 6.26 Å². The van der Waals surface area contributed by atoms with E-state index in [2.05, 4.69) is 9.97 Å². The number of hydrogen-bond acceptors (Lipinski definition) is 3. The van der Waals surface area contributed by atoms with Crippen LogP contribution in [0.4, 0.5) is 13.2 Å². The summed E-state index contributed by atoms with van der Waals surface area (Å²) in [6.45, 7) is 0. The van der Waals surface area contributed by atoms with Crippen LogP contribution in [0.25, 0.3) is 0 Å². The number of aromatic nitrogens is 2. The lowest BCUT2D eigenvalue weighted by Gasteiger charge is -2.03. The van der Waals surface area contributed by atoms with E-state index in [1.807, 2.05) is 0 Å². The first kappa shape index (κ1) is 9.31. The highest BCUT2D eigenvalue weighted by molar-refractivity contribution is 7.98. The van der Waals surface area contributed by atoms with Crippen molar-refractivity contribution in [3.63, 3.8) is 0 Å². The largest absolute Gasteiger partial charge is 0.434 e. The fraction of sp³-hybridized carbons (Fsp3) is 0.333. The molecule has 0 bridgehead atoms. The zero-order chi connectivity index (χ0) is 9.19. The van der Waals surface area contributed by atoms with Gasteiger partial charge in [-0.25, -0.2) is 9.97 Å². The lowest BCUT2D eigenvalue weighted by Crippen LogP contribution is -2.08. The van der Waals surface area contributed by atoms with Crippen LogP contribution in [-0.4, -0.2) is 16.2 Å². The number of nitrogens with zero attached hydrogens (tertiary/aromatic N) is 2. The minimum Gasteiger partial charge on any atom is -0.247 e. The molecule has 0 atom stereocenters. The van der Waals surface area contributed by atoms with Crippen molar-refractivity contribution in [1.82, 2.24) is 9.97 Å². The van der Waals surface area contributed by atoms with Crippen LogP contribution in [0.3, 0.4) is 0 Å². The van der Waals surface area contributed by atoms with Gasteiger partial charge in [0, 0.05) is 0 Å². The Bertz CT molecular complexity index is 256. The molecule has 0 saturated carbocycles. The molecule has 0 saturated heterocycles. The number of alkyl halides is 3. The van der Waals surface area contributed by atoms with Crippen LogP contribution in [0.5, 0.6) is 0 Å². The van der Waals surface area contributed by atoms with Crippen molar-refractivity contribution in [1.29, 1.82) is 0 Å². The average Bonchev–Trinajstić information content (AvgIpc) is 2.03. The Hall–Kier alpha value is -0.780. The quantitative estimate of drug-likeness (QED) is 0.641. The van der Waals surface area contributed by atoms with E-state index in [-0.39, 0.29) is 0 Å². The van der Waals surface area contributed by atoms with Crippen molar-refractivity contribution >= 4 is 11.8 Å². The molecular weight excluding hydrogens is 189 g/mol. The molecule has 0 radical (unpaired) electrons. The summed E-state index contributed by atoms with van der Waals surface area (Å²) in [5.74, 6) is 0. The topological polar surface area (TPSA) is 25.8 Å². The first-order valence-corrected chi connectivity index (χ1v) is 4.20. The Kier molecular flexibility index (Phi) is 2.56. The summed E-state index contributed by atoms with van der Waals surface area (Å²) in [5.41, 5.74) is -0.958. The zero-order valence-electron chi connectivity index (χ0n) is 6.09. The predicted molar refractivity (Wildman–Crippen MR) is 38.8 cm³/mol. The number of rotatable bonds is 1. The Morgan fingerprint density at radius 3 is 2.25 bits per heavy atom. The van der Waals surface area contributed by atoms with Gasteiger partial charge in [0.15, 0.2) is 5.69 Å². The molecule has 0 aromatic carbocycles. The third kappa shape index (κ3) is 2.10. The fourth-order valence-corrected chi connectivity index (χ4v) is 0.884. The highest BCUT2D eigenvalue weighted by Gasteiger charge is 2.32. The molecule has 1 heterocycles. The zero-order valence-corrected chi connectivity index (χ0v) is 6.91. The Labute approximate surface area is 71.2 Å². The molecule has 12 heavy (non-hydrogen) atoms. The smallest absolute Gasteiger partial charge is 0.247 e. The summed E-state index contributed by atoms with van der Waals surface area (Å²) >= 11 is 1.25. The average molecular weight is 194 g/mol. The van der Waals surface area contributed by atoms with Crippen LogP contribution in [0.15, 0.2) is 17.4 Å². The summed E-state index contributed by atoms with van der Waals surface area (Å²) in [6, 6.07) is 0. The third-order valence-corrected chi connectivity index (χ3v) is 1.76. The first-order valence-electron chi connectivity index (χ1n) is 2.97. The van der Waals surface area contributed by atoms with E-state index in [1.165, 1.54) is 11.8 Å². The molecule has 6 heteroatoms. The van der Waals surface area contributed by atoms with Gasteiger partial charge >= 0.3 is 6.18 Å². The van der Waals surface area contributed by atoms with Crippen LogP contribution in [-0.2, 0) is 6.18 Å². The molecule has 0 fully saturated rings. The molecule has 66 valence electrons. The minimum absolute atomic E-state index is 0.475. The summed E-state index contributed by atoms with van der Waals surface area (Å²) in [5, 5.41) is 0.475. The summed E-state index contributed by atoms with van der Waals surface area (Å²) in [7, 11) is 0. The fourth-order valence-electron chi connectivity index (χ4n) is 0.568. The number of thioether (sulfide) groups is 1. The highest BCUT2D eigenvalue weighted by Crippen LogP contribution is 2.27. The van der Waals surface area contributed by atoms with E-state index < -0.39 is 11.9 Å². The van der Waals surface area contributed by atoms with Crippen molar-refractivity contribution in [3.05, 3.63) is 18.1 Å². The van der Waals surface area contributed by atoms with Crippen LogP contribution >= 0.6 is 11.8 Å². The van der Waals surface area contributed by atoms with Gasteiger partial charge in [-0.2, -0.15) is 13.2 Å². The van der Waals surface area contributed by atoms with E-state index in [4.69, 9.17) is 0 Å². The maximum absolute atomic E-state index is 11.9. The van der Waals surface area contributed by atoms with Gasteiger partial charge in [0.1, 0.15) is 5.03 Å². The molecule has 0 aliphatic heterocycles. The molecule has 1 rings (SSSR count).